The van der Waals surface area contributed by atoms with Crippen LogP contribution in [0.25, 0.3) is 0 Å². The van der Waals surface area contributed by atoms with Crippen molar-refractivity contribution in [3.8, 4) is 5.75 Å². The van der Waals surface area contributed by atoms with E-state index >= 15 is 0 Å². The largest absolute Gasteiger partial charge is 0.479 e. The Kier molecular flexibility index (Phi) is 6.59. The highest BCUT2D eigenvalue weighted by atomic mass is 35.5. The summed E-state index contributed by atoms with van der Waals surface area (Å²) in [5, 5.41) is 3.60. The number of hydrogen-bond acceptors (Lipinski definition) is 3. The van der Waals surface area contributed by atoms with Crippen LogP contribution < -0.4 is 15.8 Å². The lowest BCUT2D eigenvalue weighted by molar-refractivity contribution is -0.127. The lowest BCUT2D eigenvalue weighted by Crippen LogP contribution is -2.36. The molecule has 2 atom stereocenters. The minimum atomic E-state index is -0.638. The minimum absolute atomic E-state index is 0.0633. The molecule has 0 aromatic heterocycles. The summed E-state index contributed by atoms with van der Waals surface area (Å²) < 4.78 is 5.69. The second kappa shape index (κ2) is 7.72. The molecule has 1 rings (SSSR count). The van der Waals surface area contributed by atoms with Gasteiger partial charge in [0.1, 0.15) is 5.75 Å². The van der Waals surface area contributed by atoms with Gasteiger partial charge in [-0.25, -0.2) is 0 Å². The molecule has 0 saturated carbocycles. The van der Waals surface area contributed by atoms with Gasteiger partial charge in [-0.05, 0) is 44.9 Å². The maximum atomic E-state index is 11.7. The molecule has 1 aromatic rings. The number of carbonyl (C=O) groups excluding carboxylic acids is 1. The van der Waals surface area contributed by atoms with E-state index in [1.807, 2.05) is 13.8 Å². The lowest BCUT2D eigenvalue weighted by Gasteiger charge is -2.19. The Bertz CT molecular complexity index is 478. The molecule has 0 saturated heterocycles. The standard InChI is InChI=1S/C14H20Cl2N2O2/c1-4-18-14(19)9(3)20-13-10(5-8(2)17)6-11(15)7-12(13)16/h6-9H,4-5,17H2,1-3H3,(H,18,19). The van der Waals surface area contributed by atoms with E-state index in [9.17, 15) is 4.79 Å². The first-order chi connectivity index (χ1) is 9.35. The lowest BCUT2D eigenvalue weighted by atomic mass is 10.1. The highest BCUT2D eigenvalue weighted by Gasteiger charge is 2.19. The van der Waals surface area contributed by atoms with Crippen LogP contribution >= 0.6 is 23.2 Å². The van der Waals surface area contributed by atoms with Crippen molar-refractivity contribution in [2.45, 2.75) is 39.3 Å². The fourth-order valence-electron chi connectivity index (χ4n) is 1.79. The quantitative estimate of drug-likeness (QED) is 0.847. The molecule has 112 valence electrons. The maximum absolute atomic E-state index is 11.7. The Morgan fingerprint density at radius 2 is 2.05 bits per heavy atom. The van der Waals surface area contributed by atoms with Crippen molar-refractivity contribution in [1.82, 2.24) is 5.32 Å². The average Bonchev–Trinajstić information content (AvgIpc) is 2.32. The molecule has 3 N–H and O–H groups in total. The summed E-state index contributed by atoms with van der Waals surface area (Å²) in [6.07, 6.45) is -0.0713. The smallest absolute Gasteiger partial charge is 0.260 e. The Balaban J connectivity index is 3.00. The van der Waals surface area contributed by atoms with Gasteiger partial charge in [0.15, 0.2) is 6.10 Å². The molecule has 0 spiro atoms. The van der Waals surface area contributed by atoms with Crippen molar-refractivity contribution in [1.29, 1.82) is 0 Å². The van der Waals surface area contributed by atoms with E-state index in [1.165, 1.54) is 0 Å². The summed E-state index contributed by atoms with van der Waals surface area (Å²) in [6.45, 7) is 5.95. The summed E-state index contributed by atoms with van der Waals surface area (Å²) in [5.74, 6) is 0.275. The summed E-state index contributed by atoms with van der Waals surface area (Å²) in [7, 11) is 0. The topological polar surface area (TPSA) is 64.3 Å². The fraction of sp³-hybridized carbons (Fsp3) is 0.500. The number of benzene rings is 1. The van der Waals surface area contributed by atoms with Gasteiger partial charge < -0.3 is 15.8 Å². The van der Waals surface area contributed by atoms with E-state index in [2.05, 4.69) is 5.32 Å². The third kappa shape index (κ3) is 4.85. The molecule has 0 aliphatic heterocycles. The molecule has 1 amide bonds. The highest BCUT2D eigenvalue weighted by molar-refractivity contribution is 6.35. The van der Waals surface area contributed by atoms with Gasteiger partial charge in [-0.2, -0.15) is 0 Å². The van der Waals surface area contributed by atoms with Crippen LogP contribution in [0.1, 0.15) is 26.3 Å². The second-order valence-corrected chi connectivity index (χ2v) is 5.56. The number of hydrogen-bond donors (Lipinski definition) is 2. The molecule has 4 nitrogen and oxygen atoms in total. The molecule has 0 radical (unpaired) electrons. The van der Waals surface area contributed by atoms with Gasteiger partial charge in [-0.15, -0.1) is 0 Å². The van der Waals surface area contributed by atoms with E-state index in [0.29, 0.717) is 28.8 Å². The van der Waals surface area contributed by atoms with Crippen LogP contribution in [0.15, 0.2) is 12.1 Å². The number of nitrogens with two attached hydrogens (primary N) is 1. The third-order valence-electron chi connectivity index (χ3n) is 2.64. The average molecular weight is 319 g/mol. The number of rotatable bonds is 6. The molecule has 0 heterocycles. The molecule has 0 aliphatic rings. The maximum Gasteiger partial charge on any atom is 0.260 e. The molecule has 0 fully saturated rings. The van der Waals surface area contributed by atoms with E-state index in [-0.39, 0.29) is 11.9 Å². The molecular weight excluding hydrogens is 299 g/mol. The van der Waals surface area contributed by atoms with Crippen molar-refractivity contribution < 1.29 is 9.53 Å². The zero-order valence-corrected chi connectivity index (χ0v) is 13.4. The number of halogens is 2. The van der Waals surface area contributed by atoms with Gasteiger partial charge in [0.2, 0.25) is 0 Å². The van der Waals surface area contributed by atoms with Gasteiger partial charge in [0, 0.05) is 17.6 Å². The van der Waals surface area contributed by atoms with Crippen molar-refractivity contribution >= 4 is 29.1 Å². The predicted molar refractivity (Wildman–Crippen MR) is 82.6 cm³/mol. The fourth-order valence-corrected chi connectivity index (χ4v) is 2.37. The van der Waals surface area contributed by atoms with E-state index < -0.39 is 6.10 Å². The molecule has 0 bridgehead atoms. The van der Waals surface area contributed by atoms with Crippen LogP contribution in [0.4, 0.5) is 0 Å². The first-order valence-corrected chi connectivity index (χ1v) is 7.28. The Hall–Kier alpha value is -0.970. The summed E-state index contributed by atoms with van der Waals surface area (Å²) in [4.78, 5) is 11.7. The minimum Gasteiger partial charge on any atom is -0.479 e. The monoisotopic (exact) mass is 318 g/mol. The van der Waals surface area contributed by atoms with Crippen LogP contribution in [0.3, 0.4) is 0 Å². The van der Waals surface area contributed by atoms with Crippen molar-refractivity contribution in [3.63, 3.8) is 0 Å². The second-order valence-electron chi connectivity index (χ2n) is 4.71. The van der Waals surface area contributed by atoms with Gasteiger partial charge in [-0.3, -0.25) is 4.79 Å². The molecule has 20 heavy (non-hydrogen) atoms. The van der Waals surface area contributed by atoms with Crippen LogP contribution in [0.5, 0.6) is 5.75 Å². The number of nitrogens with one attached hydrogen (secondary N) is 1. The summed E-state index contributed by atoms with van der Waals surface area (Å²) >= 11 is 12.2. The summed E-state index contributed by atoms with van der Waals surface area (Å²) in [5.41, 5.74) is 6.61. The highest BCUT2D eigenvalue weighted by Crippen LogP contribution is 2.33. The Labute approximate surface area is 129 Å². The van der Waals surface area contributed by atoms with Crippen molar-refractivity contribution in [2.75, 3.05) is 6.54 Å². The van der Waals surface area contributed by atoms with E-state index in [4.69, 9.17) is 33.7 Å². The number of likely N-dealkylation sites (N-methyl/N-ethyl adjacent to an activating group) is 1. The van der Waals surface area contributed by atoms with Crippen molar-refractivity contribution in [3.05, 3.63) is 27.7 Å². The third-order valence-corrected chi connectivity index (χ3v) is 3.14. The molecule has 0 aliphatic carbocycles. The first-order valence-electron chi connectivity index (χ1n) is 6.53. The van der Waals surface area contributed by atoms with Gasteiger partial charge >= 0.3 is 0 Å². The van der Waals surface area contributed by atoms with Crippen LogP contribution in [0.2, 0.25) is 10.0 Å². The summed E-state index contributed by atoms with van der Waals surface area (Å²) in [6, 6.07) is 3.29. The number of ether oxygens (including phenoxy) is 1. The molecule has 6 heteroatoms. The SMILES string of the molecule is CCNC(=O)C(C)Oc1c(Cl)cc(Cl)cc1CC(C)N. The van der Waals surface area contributed by atoms with Gasteiger partial charge in [0.25, 0.3) is 5.91 Å². The van der Waals surface area contributed by atoms with Crippen molar-refractivity contribution in [2.24, 2.45) is 5.73 Å². The van der Waals surface area contributed by atoms with Crippen LogP contribution in [-0.4, -0.2) is 24.6 Å². The molecular formula is C14H20Cl2N2O2. The molecule has 1 aromatic carbocycles. The Morgan fingerprint density at radius 3 is 2.60 bits per heavy atom. The van der Waals surface area contributed by atoms with E-state index in [1.54, 1.807) is 19.1 Å². The number of carbonyl (C=O) groups is 1. The van der Waals surface area contributed by atoms with Gasteiger partial charge in [0.05, 0.1) is 5.02 Å². The predicted octanol–water partition coefficient (Wildman–Crippen LogP) is 2.79. The normalized spacial score (nSPS) is 13.7. The first kappa shape index (κ1) is 17.1. The van der Waals surface area contributed by atoms with E-state index in [0.717, 1.165) is 5.56 Å². The zero-order valence-electron chi connectivity index (χ0n) is 11.9. The molecule has 2 unspecified atom stereocenters. The van der Waals surface area contributed by atoms with Crippen LogP contribution in [0, 0.1) is 0 Å². The zero-order chi connectivity index (χ0) is 15.3. The van der Waals surface area contributed by atoms with Crippen LogP contribution in [-0.2, 0) is 11.2 Å². The number of amides is 1. The Morgan fingerprint density at radius 1 is 1.40 bits per heavy atom. The van der Waals surface area contributed by atoms with Gasteiger partial charge in [-0.1, -0.05) is 23.2 Å².